The number of halogens is 4. The van der Waals surface area contributed by atoms with Gasteiger partial charge in [0, 0.05) is 5.56 Å². The van der Waals surface area contributed by atoms with E-state index in [9.17, 15) is 18.0 Å². The molecule has 122 valence electrons. The van der Waals surface area contributed by atoms with Crippen molar-refractivity contribution in [2.45, 2.75) is 6.18 Å². The number of alkyl halides is 3. The van der Waals surface area contributed by atoms with Gasteiger partial charge >= 0.3 is 6.18 Å². The summed E-state index contributed by atoms with van der Waals surface area (Å²) in [6.07, 6.45) is -4.48. The molecular formula is C18H11ClF3NO. The molecule has 3 aromatic carbocycles. The average molecular weight is 350 g/mol. The van der Waals surface area contributed by atoms with Gasteiger partial charge in [-0.2, -0.15) is 13.2 Å². The first-order chi connectivity index (χ1) is 11.4. The Morgan fingerprint density at radius 1 is 0.958 bits per heavy atom. The van der Waals surface area contributed by atoms with Crippen molar-refractivity contribution in [2.75, 3.05) is 5.32 Å². The van der Waals surface area contributed by atoms with Crippen LogP contribution in [-0.4, -0.2) is 5.91 Å². The monoisotopic (exact) mass is 349 g/mol. The number of amides is 1. The Bertz CT molecular complexity index is 916. The molecule has 0 aliphatic carbocycles. The summed E-state index contributed by atoms with van der Waals surface area (Å²) in [5.41, 5.74) is -0.317. The van der Waals surface area contributed by atoms with Crippen LogP contribution in [0.2, 0.25) is 5.02 Å². The lowest BCUT2D eigenvalue weighted by Crippen LogP contribution is -2.13. The molecule has 1 N–H and O–H groups in total. The van der Waals surface area contributed by atoms with Gasteiger partial charge in [-0.1, -0.05) is 48.0 Å². The highest BCUT2D eigenvalue weighted by atomic mass is 35.5. The van der Waals surface area contributed by atoms with E-state index in [1.54, 1.807) is 18.2 Å². The van der Waals surface area contributed by atoms with Crippen LogP contribution in [0.3, 0.4) is 0 Å². The molecule has 0 atom stereocenters. The van der Waals surface area contributed by atoms with E-state index >= 15 is 0 Å². The minimum Gasteiger partial charge on any atom is -0.321 e. The van der Waals surface area contributed by atoms with E-state index in [0.717, 1.165) is 29.0 Å². The van der Waals surface area contributed by atoms with E-state index < -0.39 is 17.6 Å². The second-order valence-electron chi connectivity index (χ2n) is 5.17. The van der Waals surface area contributed by atoms with Crippen molar-refractivity contribution in [3.05, 3.63) is 76.8 Å². The molecule has 24 heavy (non-hydrogen) atoms. The minimum absolute atomic E-state index is 0.127. The van der Waals surface area contributed by atoms with E-state index in [1.807, 2.05) is 24.3 Å². The van der Waals surface area contributed by atoms with Crippen LogP contribution in [0.25, 0.3) is 10.8 Å². The smallest absolute Gasteiger partial charge is 0.321 e. The number of carbonyl (C=O) groups is 1. The Balaban J connectivity index is 1.92. The molecule has 0 aromatic heterocycles. The highest BCUT2D eigenvalue weighted by Gasteiger charge is 2.31. The molecule has 0 saturated heterocycles. The van der Waals surface area contributed by atoms with Crippen molar-refractivity contribution in [3.8, 4) is 0 Å². The van der Waals surface area contributed by atoms with Crippen LogP contribution in [0.15, 0.2) is 60.7 Å². The zero-order chi connectivity index (χ0) is 17.3. The number of carbonyl (C=O) groups excluding carboxylic acids is 1. The molecule has 0 radical (unpaired) electrons. The van der Waals surface area contributed by atoms with Gasteiger partial charge in [0.15, 0.2) is 0 Å². The number of anilines is 1. The number of rotatable bonds is 2. The zero-order valence-electron chi connectivity index (χ0n) is 12.2. The van der Waals surface area contributed by atoms with Crippen molar-refractivity contribution in [1.82, 2.24) is 0 Å². The SMILES string of the molecule is O=C(Nc1ccc(C(F)(F)F)cc1Cl)c1cccc2ccccc12. The van der Waals surface area contributed by atoms with Crippen molar-refractivity contribution < 1.29 is 18.0 Å². The summed E-state index contributed by atoms with van der Waals surface area (Å²) < 4.78 is 38.0. The second-order valence-corrected chi connectivity index (χ2v) is 5.58. The highest BCUT2D eigenvalue weighted by molar-refractivity contribution is 6.34. The number of nitrogens with one attached hydrogen (secondary N) is 1. The zero-order valence-corrected chi connectivity index (χ0v) is 12.9. The summed E-state index contributed by atoms with van der Waals surface area (Å²) in [5, 5.41) is 4.03. The van der Waals surface area contributed by atoms with Gasteiger partial charge in [0.1, 0.15) is 0 Å². The molecule has 0 saturated carbocycles. The van der Waals surface area contributed by atoms with Gasteiger partial charge in [-0.15, -0.1) is 0 Å². The standard InChI is InChI=1S/C18H11ClF3NO/c19-15-10-12(18(20,21)22)8-9-16(15)23-17(24)14-7-3-5-11-4-1-2-6-13(11)14/h1-10H,(H,23,24). The summed E-state index contributed by atoms with van der Waals surface area (Å²) in [7, 11) is 0. The van der Waals surface area contributed by atoms with Gasteiger partial charge in [-0.05, 0) is 35.0 Å². The molecule has 2 nitrogen and oxygen atoms in total. The molecule has 6 heteroatoms. The largest absolute Gasteiger partial charge is 0.416 e. The van der Waals surface area contributed by atoms with Crippen molar-refractivity contribution in [1.29, 1.82) is 0 Å². The lowest BCUT2D eigenvalue weighted by atomic mass is 10.0. The Hall–Kier alpha value is -2.53. The Morgan fingerprint density at radius 3 is 2.38 bits per heavy atom. The van der Waals surface area contributed by atoms with E-state index in [1.165, 1.54) is 0 Å². The molecular weight excluding hydrogens is 339 g/mol. The normalized spacial score (nSPS) is 11.5. The quantitative estimate of drug-likeness (QED) is 0.625. The van der Waals surface area contributed by atoms with Crippen molar-refractivity contribution >= 4 is 34.0 Å². The minimum atomic E-state index is -4.48. The van der Waals surface area contributed by atoms with Crippen LogP contribution < -0.4 is 5.32 Å². The lowest BCUT2D eigenvalue weighted by Gasteiger charge is -2.12. The van der Waals surface area contributed by atoms with Gasteiger partial charge in [-0.25, -0.2) is 0 Å². The van der Waals surface area contributed by atoms with Crippen molar-refractivity contribution in [3.63, 3.8) is 0 Å². The summed E-state index contributed by atoms with van der Waals surface area (Å²) in [4.78, 5) is 12.5. The fourth-order valence-electron chi connectivity index (χ4n) is 2.41. The summed E-state index contributed by atoms with van der Waals surface area (Å²) in [6, 6.07) is 15.4. The van der Waals surface area contributed by atoms with Crippen LogP contribution in [0.5, 0.6) is 0 Å². The molecule has 0 unspecified atom stereocenters. The average Bonchev–Trinajstić information content (AvgIpc) is 2.55. The summed E-state index contributed by atoms with van der Waals surface area (Å²) in [6.45, 7) is 0. The third-order valence-corrected chi connectivity index (χ3v) is 3.89. The van der Waals surface area contributed by atoms with Gasteiger partial charge in [0.05, 0.1) is 16.3 Å². The Kier molecular flexibility index (Phi) is 4.20. The van der Waals surface area contributed by atoms with E-state index in [0.29, 0.717) is 5.56 Å². The second kappa shape index (κ2) is 6.17. The lowest BCUT2D eigenvalue weighted by molar-refractivity contribution is -0.137. The molecule has 3 rings (SSSR count). The third kappa shape index (κ3) is 3.21. The number of fused-ring (bicyclic) bond motifs is 1. The van der Waals surface area contributed by atoms with Crippen LogP contribution >= 0.6 is 11.6 Å². The van der Waals surface area contributed by atoms with E-state index in [4.69, 9.17) is 11.6 Å². The summed E-state index contributed by atoms with van der Waals surface area (Å²) >= 11 is 5.87. The molecule has 0 bridgehead atoms. The highest BCUT2D eigenvalue weighted by Crippen LogP contribution is 2.34. The van der Waals surface area contributed by atoms with Crippen molar-refractivity contribution in [2.24, 2.45) is 0 Å². The molecule has 0 heterocycles. The maximum absolute atomic E-state index is 12.7. The maximum Gasteiger partial charge on any atom is 0.416 e. The van der Waals surface area contributed by atoms with Gasteiger partial charge in [-0.3, -0.25) is 4.79 Å². The van der Waals surface area contributed by atoms with Gasteiger partial charge in [0.2, 0.25) is 0 Å². The third-order valence-electron chi connectivity index (χ3n) is 3.58. The molecule has 3 aromatic rings. The molecule has 0 aliphatic heterocycles. The van der Waals surface area contributed by atoms with Crippen LogP contribution in [-0.2, 0) is 6.18 Å². The number of benzene rings is 3. The molecule has 1 amide bonds. The number of hydrogen-bond acceptors (Lipinski definition) is 1. The first-order valence-corrected chi connectivity index (χ1v) is 7.40. The predicted octanol–water partition coefficient (Wildman–Crippen LogP) is 5.76. The first kappa shape index (κ1) is 16.3. The Labute approximate surface area is 140 Å². The molecule has 0 spiro atoms. The molecule has 0 fully saturated rings. The number of hydrogen-bond donors (Lipinski definition) is 1. The van der Waals surface area contributed by atoms with Gasteiger partial charge < -0.3 is 5.32 Å². The van der Waals surface area contributed by atoms with Crippen LogP contribution in [0.1, 0.15) is 15.9 Å². The Morgan fingerprint density at radius 2 is 1.67 bits per heavy atom. The topological polar surface area (TPSA) is 29.1 Å². The first-order valence-electron chi connectivity index (χ1n) is 7.02. The van der Waals surface area contributed by atoms with Crippen LogP contribution in [0, 0.1) is 0 Å². The fourth-order valence-corrected chi connectivity index (χ4v) is 2.63. The maximum atomic E-state index is 12.7. The van der Waals surface area contributed by atoms with Crippen LogP contribution in [0.4, 0.5) is 18.9 Å². The summed E-state index contributed by atoms with van der Waals surface area (Å²) in [5.74, 6) is -0.437. The fraction of sp³-hybridized carbons (Fsp3) is 0.0556. The van der Waals surface area contributed by atoms with E-state index in [2.05, 4.69) is 5.32 Å². The van der Waals surface area contributed by atoms with Gasteiger partial charge in [0.25, 0.3) is 5.91 Å². The predicted molar refractivity (Wildman–Crippen MR) is 88.4 cm³/mol. The van der Waals surface area contributed by atoms with E-state index in [-0.39, 0.29) is 10.7 Å². The molecule has 0 aliphatic rings.